The van der Waals surface area contributed by atoms with Gasteiger partial charge in [-0.25, -0.2) is 0 Å². The van der Waals surface area contributed by atoms with Crippen LogP contribution >= 0.6 is 11.6 Å². The van der Waals surface area contributed by atoms with Crippen molar-refractivity contribution in [3.8, 4) is 5.75 Å². The summed E-state index contributed by atoms with van der Waals surface area (Å²) in [5.41, 5.74) is 6.14. The molecule has 1 rings (SSSR count). The van der Waals surface area contributed by atoms with E-state index in [-0.39, 0.29) is 18.4 Å². The summed E-state index contributed by atoms with van der Waals surface area (Å²) < 4.78 is 5.42. The van der Waals surface area contributed by atoms with Gasteiger partial charge in [-0.2, -0.15) is 0 Å². The van der Waals surface area contributed by atoms with Crippen molar-refractivity contribution in [2.24, 2.45) is 11.7 Å². The molecule has 2 amide bonds. The first-order chi connectivity index (χ1) is 9.85. The Hall–Kier alpha value is -1.75. The Labute approximate surface area is 129 Å². The van der Waals surface area contributed by atoms with Gasteiger partial charge in [-0.3, -0.25) is 9.59 Å². The SMILES string of the molecule is CCC(C)C(NC(=O)COc1ccc(Cl)cc1C)C(N)=O. The highest BCUT2D eigenvalue weighted by Gasteiger charge is 2.23. The monoisotopic (exact) mass is 312 g/mol. The van der Waals surface area contributed by atoms with E-state index in [2.05, 4.69) is 5.32 Å². The van der Waals surface area contributed by atoms with Gasteiger partial charge in [0.2, 0.25) is 5.91 Å². The molecule has 0 radical (unpaired) electrons. The third-order valence-electron chi connectivity index (χ3n) is 3.33. The molecule has 116 valence electrons. The second-order valence-corrected chi connectivity index (χ2v) is 5.47. The first-order valence-corrected chi connectivity index (χ1v) is 7.20. The smallest absolute Gasteiger partial charge is 0.258 e. The molecule has 1 aromatic rings. The van der Waals surface area contributed by atoms with Crippen molar-refractivity contribution in [1.82, 2.24) is 5.32 Å². The highest BCUT2D eigenvalue weighted by atomic mass is 35.5. The molecule has 0 bridgehead atoms. The number of nitrogens with two attached hydrogens (primary N) is 1. The van der Waals surface area contributed by atoms with E-state index in [4.69, 9.17) is 22.1 Å². The summed E-state index contributed by atoms with van der Waals surface area (Å²) in [5.74, 6) is -0.369. The molecule has 5 nitrogen and oxygen atoms in total. The highest BCUT2D eigenvalue weighted by molar-refractivity contribution is 6.30. The lowest BCUT2D eigenvalue weighted by Crippen LogP contribution is -2.49. The minimum atomic E-state index is -0.683. The molecular weight excluding hydrogens is 292 g/mol. The van der Waals surface area contributed by atoms with Crippen LogP contribution in [-0.4, -0.2) is 24.5 Å². The van der Waals surface area contributed by atoms with Crippen LogP contribution in [0, 0.1) is 12.8 Å². The van der Waals surface area contributed by atoms with Crippen LogP contribution in [0.1, 0.15) is 25.8 Å². The van der Waals surface area contributed by atoms with Crippen LogP contribution in [0.25, 0.3) is 0 Å². The Kier molecular flexibility index (Phi) is 6.49. The summed E-state index contributed by atoms with van der Waals surface area (Å²) in [6, 6.07) is 4.45. The van der Waals surface area contributed by atoms with Crippen molar-refractivity contribution in [2.75, 3.05) is 6.61 Å². The second kappa shape index (κ2) is 7.88. The van der Waals surface area contributed by atoms with E-state index in [0.29, 0.717) is 10.8 Å². The molecule has 0 aliphatic heterocycles. The lowest BCUT2D eigenvalue weighted by Gasteiger charge is -2.21. The average Bonchev–Trinajstić information content (AvgIpc) is 2.42. The molecule has 0 fully saturated rings. The van der Waals surface area contributed by atoms with Crippen molar-refractivity contribution in [2.45, 2.75) is 33.2 Å². The number of ether oxygens (including phenoxy) is 1. The Morgan fingerprint density at radius 1 is 1.43 bits per heavy atom. The van der Waals surface area contributed by atoms with Gasteiger partial charge < -0.3 is 15.8 Å². The topological polar surface area (TPSA) is 81.4 Å². The maximum atomic E-state index is 11.9. The van der Waals surface area contributed by atoms with Crippen LogP contribution in [-0.2, 0) is 9.59 Å². The zero-order valence-electron chi connectivity index (χ0n) is 12.5. The molecule has 0 aromatic heterocycles. The number of carbonyl (C=O) groups excluding carboxylic acids is 2. The van der Waals surface area contributed by atoms with E-state index in [1.165, 1.54) is 0 Å². The summed E-state index contributed by atoms with van der Waals surface area (Å²) in [5, 5.41) is 3.21. The van der Waals surface area contributed by atoms with Gasteiger partial charge >= 0.3 is 0 Å². The lowest BCUT2D eigenvalue weighted by molar-refractivity contribution is -0.129. The van der Waals surface area contributed by atoms with E-state index in [1.54, 1.807) is 18.2 Å². The fourth-order valence-electron chi connectivity index (χ4n) is 1.86. The summed E-state index contributed by atoms with van der Waals surface area (Å²) in [6.07, 6.45) is 0.741. The Morgan fingerprint density at radius 2 is 2.10 bits per heavy atom. The number of aryl methyl sites for hydroxylation is 1. The average molecular weight is 313 g/mol. The number of rotatable bonds is 7. The predicted octanol–water partition coefficient (Wildman–Crippen LogP) is 2.04. The number of hydrogen-bond acceptors (Lipinski definition) is 3. The molecule has 3 N–H and O–H groups in total. The Bertz CT molecular complexity index is 520. The number of halogens is 1. The fourth-order valence-corrected chi connectivity index (χ4v) is 2.09. The highest BCUT2D eigenvalue weighted by Crippen LogP contribution is 2.21. The molecule has 0 spiro atoms. The molecule has 0 heterocycles. The van der Waals surface area contributed by atoms with Crippen LogP contribution in [0.5, 0.6) is 5.75 Å². The van der Waals surface area contributed by atoms with E-state index in [9.17, 15) is 9.59 Å². The zero-order chi connectivity index (χ0) is 16.0. The molecule has 0 aliphatic carbocycles. The Balaban J connectivity index is 2.58. The van der Waals surface area contributed by atoms with Gasteiger partial charge in [0.1, 0.15) is 11.8 Å². The van der Waals surface area contributed by atoms with Crippen LogP contribution in [0.15, 0.2) is 18.2 Å². The summed E-state index contributed by atoms with van der Waals surface area (Å²) in [7, 11) is 0. The van der Waals surface area contributed by atoms with Crippen LogP contribution in [0.3, 0.4) is 0 Å². The maximum absolute atomic E-state index is 11.9. The number of amides is 2. The van der Waals surface area contributed by atoms with E-state index < -0.39 is 11.9 Å². The lowest BCUT2D eigenvalue weighted by atomic mass is 9.99. The van der Waals surface area contributed by atoms with E-state index >= 15 is 0 Å². The van der Waals surface area contributed by atoms with Crippen molar-refractivity contribution in [3.05, 3.63) is 28.8 Å². The maximum Gasteiger partial charge on any atom is 0.258 e. The van der Waals surface area contributed by atoms with Crippen molar-refractivity contribution < 1.29 is 14.3 Å². The number of benzene rings is 1. The number of carbonyl (C=O) groups is 2. The summed E-state index contributed by atoms with van der Waals surface area (Å²) >= 11 is 5.85. The van der Waals surface area contributed by atoms with Gasteiger partial charge in [0, 0.05) is 5.02 Å². The molecule has 0 saturated carbocycles. The standard InChI is InChI=1S/C15H21ClN2O3/c1-4-9(2)14(15(17)20)18-13(19)8-21-12-6-5-11(16)7-10(12)3/h5-7,9,14H,4,8H2,1-3H3,(H2,17,20)(H,18,19). The van der Waals surface area contributed by atoms with E-state index in [1.807, 2.05) is 20.8 Å². The van der Waals surface area contributed by atoms with Crippen molar-refractivity contribution in [1.29, 1.82) is 0 Å². The quantitative estimate of drug-likeness (QED) is 0.808. The first kappa shape index (κ1) is 17.3. The van der Waals surface area contributed by atoms with E-state index in [0.717, 1.165) is 12.0 Å². The van der Waals surface area contributed by atoms with Gasteiger partial charge in [-0.05, 0) is 36.6 Å². The fraction of sp³-hybridized carbons (Fsp3) is 0.467. The van der Waals surface area contributed by atoms with Gasteiger partial charge in [-0.15, -0.1) is 0 Å². The molecule has 0 aliphatic rings. The van der Waals surface area contributed by atoms with Gasteiger partial charge in [0.05, 0.1) is 0 Å². The Morgan fingerprint density at radius 3 is 2.62 bits per heavy atom. The minimum Gasteiger partial charge on any atom is -0.484 e. The minimum absolute atomic E-state index is 0.0243. The summed E-state index contributed by atoms with van der Waals surface area (Å²) in [6.45, 7) is 5.45. The molecule has 2 unspecified atom stereocenters. The molecular formula is C15H21ClN2O3. The van der Waals surface area contributed by atoms with Crippen molar-refractivity contribution >= 4 is 23.4 Å². The third kappa shape index (κ3) is 5.27. The van der Waals surface area contributed by atoms with Crippen LogP contribution in [0.4, 0.5) is 0 Å². The molecule has 1 aromatic carbocycles. The second-order valence-electron chi connectivity index (χ2n) is 5.03. The van der Waals surface area contributed by atoms with Gasteiger partial charge in [0.25, 0.3) is 5.91 Å². The van der Waals surface area contributed by atoms with Crippen LogP contribution < -0.4 is 15.8 Å². The zero-order valence-corrected chi connectivity index (χ0v) is 13.2. The molecule has 6 heteroatoms. The molecule has 2 atom stereocenters. The summed E-state index contributed by atoms with van der Waals surface area (Å²) in [4.78, 5) is 23.2. The normalized spacial score (nSPS) is 13.3. The third-order valence-corrected chi connectivity index (χ3v) is 3.57. The molecule has 21 heavy (non-hydrogen) atoms. The number of hydrogen-bond donors (Lipinski definition) is 2. The van der Waals surface area contributed by atoms with Gasteiger partial charge in [-0.1, -0.05) is 31.9 Å². The van der Waals surface area contributed by atoms with Crippen molar-refractivity contribution in [3.63, 3.8) is 0 Å². The number of nitrogens with one attached hydrogen (secondary N) is 1. The predicted molar refractivity (Wildman–Crippen MR) is 82.3 cm³/mol. The largest absolute Gasteiger partial charge is 0.484 e. The van der Waals surface area contributed by atoms with Crippen LogP contribution in [0.2, 0.25) is 5.02 Å². The first-order valence-electron chi connectivity index (χ1n) is 6.82. The van der Waals surface area contributed by atoms with Gasteiger partial charge in [0.15, 0.2) is 6.61 Å². The number of primary amides is 1. The molecule has 0 saturated heterocycles.